The predicted molar refractivity (Wildman–Crippen MR) is 272 cm³/mol. The van der Waals surface area contributed by atoms with Gasteiger partial charge in [0.2, 0.25) is 0 Å². The zero-order chi connectivity index (χ0) is 46.6. The van der Waals surface area contributed by atoms with Crippen molar-refractivity contribution in [3.05, 3.63) is 213 Å². The molecule has 1 atom stereocenters. The van der Waals surface area contributed by atoms with Crippen molar-refractivity contribution in [3.63, 3.8) is 0 Å². The fourth-order valence-electron chi connectivity index (χ4n) is 6.96. The molecule has 0 amide bonds. The molecule has 10 heteroatoms. The SMILES string of the molecule is C=C/C(=C\C=C(/C)C1Cc2ccc(cc2)C/N=C/c2cccc(c2)/C=N/Cc2ccc(cc2)COCCOCCO1)C/N=C/c1cccc(/C=N/Cc2ccc(COCCOCCO)cc2)c1. The molecule has 67 heavy (non-hydrogen) atoms. The fourth-order valence-corrected chi connectivity index (χ4v) is 6.96. The summed E-state index contributed by atoms with van der Waals surface area (Å²) in [5, 5.41) is 8.79. The number of nitrogens with zero attached hydrogens (tertiary/aromatic N) is 4. The van der Waals surface area contributed by atoms with Crippen molar-refractivity contribution in [3.8, 4) is 0 Å². The largest absolute Gasteiger partial charge is 0.394 e. The van der Waals surface area contributed by atoms with Gasteiger partial charge >= 0.3 is 0 Å². The standard InChI is InChI=1S/C57H64N4O6/c1-3-46(35-58-39-53-6-4-7-54(32-53)41-60-37-49-16-20-51(21-17-49)43-65-28-26-63-25-24-62)11-10-45(2)57-34-47-12-14-48(15-13-47)36-59-40-55-8-5-9-56(33-55)42-61-38-50-18-22-52(23-19-50)44-66-29-27-64-30-31-67-57/h3-23,32-33,39-42,57,62H,1,24-31,34-38,43-44H2,2H3/b45-10+,46-11+,58-39+,59-40+,60-41+,61-42+. The smallest absolute Gasteiger partial charge is 0.0826 e. The van der Waals surface area contributed by atoms with Crippen molar-refractivity contribution in [1.29, 1.82) is 0 Å². The zero-order valence-corrected chi connectivity index (χ0v) is 38.8. The molecule has 348 valence electrons. The van der Waals surface area contributed by atoms with Gasteiger partial charge in [0.05, 0.1) is 98.4 Å². The lowest BCUT2D eigenvalue weighted by molar-refractivity contribution is -0.00417. The molecular formula is C57H64N4O6. The summed E-state index contributed by atoms with van der Waals surface area (Å²) < 4.78 is 29.2. The van der Waals surface area contributed by atoms with Crippen LogP contribution in [0.5, 0.6) is 0 Å². The third-order valence-electron chi connectivity index (χ3n) is 10.8. The molecule has 0 aliphatic carbocycles. The molecule has 0 saturated heterocycles. The molecule has 0 spiro atoms. The summed E-state index contributed by atoms with van der Waals surface area (Å²) in [4.78, 5) is 18.8. The van der Waals surface area contributed by atoms with Crippen molar-refractivity contribution in [2.45, 2.75) is 52.3 Å². The predicted octanol–water partition coefficient (Wildman–Crippen LogP) is 9.72. The molecule has 0 radical (unpaired) electrons. The highest BCUT2D eigenvalue weighted by atomic mass is 16.5. The Morgan fingerprint density at radius 2 is 1.28 bits per heavy atom. The number of aliphatic hydroxyl groups is 1. The summed E-state index contributed by atoms with van der Waals surface area (Å²) in [6.07, 6.45) is 14.2. The van der Waals surface area contributed by atoms with E-state index in [-0.39, 0.29) is 12.7 Å². The maximum atomic E-state index is 8.79. The average molecular weight is 901 g/mol. The number of ether oxygens (including phenoxy) is 5. The van der Waals surface area contributed by atoms with Crippen molar-refractivity contribution in [2.75, 3.05) is 59.4 Å². The van der Waals surface area contributed by atoms with Gasteiger partial charge in [-0.3, -0.25) is 20.0 Å². The topological polar surface area (TPSA) is 116 Å². The first-order valence-corrected chi connectivity index (χ1v) is 23.0. The van der Waals surface area contributed by atoms with E-state index in [1.165, 1.54) is 5.56 Å². The number of hydrogen-bond acceptors (Lipinski definition) is 10. The van der Waals surface area contributed by atoms with Gasteiger partial charge in [-0.2, -0.15) is 0 Å². The Bertz CT molecular complexity index is 2420. The highest BCUT2D eigenvalue weighted by Crippen LogP contribution is 2.17. The number of hydrogen-bond donors (Lipinski definition) is 1. The number of aliphatic imine (C=N–C) groups is 4. The first-order chi connectivity index (χ1) is 33.0. The Kier molecular flexibility index (Phi) is 22.0. The summed E-state index contributed by atoms with van der Waals surface area (Å²) in [5.41, 5.74) is 13.0. The van der Waals surface area contributed by atoms with E-state index >= 15 is 0 Å². The Morgan fingerprint density at radius 3 is 1.99 bits per heavy atom. The van der Waals surface area contributed by atoms with Crippen molar-refractivity contribution >= 4 is 24.9 Å². The molecular weight excluding hydrogens is 837 g/mol. The maximum absolute atomic E-state index is 8.79. The van der Waals surface area contributed by atoms with Crippen LogP contribution in [-0.2, 0) is 63.0 Å². The fraction of sp³-hybridized carbons (Fsp3) is 0.298. The molecule has 0 saturated carbocycles. The van der Waals surface area contributed by atoms with Gasteiger partial charge in [0.25, 0.3) is 0 Å². The minimum absolute atomic E-state index is 0.0210. The lowest BCUT2D eigenvalue weighted by atomic mass is 10.0. The second-order valence-corrected chi connectivity index (χ2v) is 16.1. The molecule has 1 unspecified atom stereocenters. The van der Waals surface area contributed by atoms with Gasteiger partial charge in [0.15, 0.2) is 0 Å². The van der Waals surface area contributed by atoms with Crippen LogP contribution in [0, 0.1) is 0 Å². The molecule has 5 aromatic carbocycles. The molecule has 0 fully saturated rings. The van der Waals surface area contributed by atoms with Crippen molar-refractivity contribution < 1.29 is 28.8 Å². The van der Waals surface area contributed by atoms with Gasteiger partial charge in [-0.05, 0) is 85.8 Å². The summed E-state index contributed by atoms with van der Waals surface area (Å²) in [6.45, 7) is 12.7. The summed E-state index contributed by atoms with van der Waals surface area (Å²) in [7, 11) is 0. The minimum atomic E-state index is -0.159. The van der Waals surface area contributed by atoms with Crippen LogP contribution in [0.15, 0.2) is 177 Å². The Balaban J connectivity index is 1.03. The molecule has 0 aromatic heterocycles. The first kappa shape index (κ1) is 50.2. The molecule has 6 bridgehead atoms. The summed E-state index contributed by atoms with van der Waals surface area (Å²) >= 11 is 0. The molecule has 4 aliphatic heterocycles. The van der Waals surface area contributed by atoms with E-state index in [4.69, 9.17) is 38.8 Å². The first-order valence-electron chi connectivity index (χ1n) is 23.0. The molecule has 1 N–H and O–H groups in total. The van der Waals surface area contributed by atoms with Crippen LogP contribution in [0.1, 0.15) is 62.6 Å². The van der Waals surface area contributed by atoms with Gasteiger partial charge in [0, 0.05) is 31.3 Å². The van der Waals surface area contributed by atoms with Gasteiger partial charge < -0.3 is 28.8 Å². The van der Waals surface area contributed by atoms with Crippen LogP contribution in [0.4, 0.5) is 0 Å². The van der Waals surface area contributed by atoms with Gasteiger partial charge in [-0.15, -0.1) is 0 Å². The van der Waals surface area contributed by atoms with E-state index in [0.717, 1.165) is 61.2 Å². The number of benzene rings is 5. The van der Waals surface area contributed by atoms with Crippen LogP contribution >= 0.6 is 0 Å². The monoisotopic (exact) mass is 900 g/mol. The highest BCUT2D eigenvalue weighted by Gasteiger charge is 2.13. The maximum Gasteiger partial charge on any atom is 0.0826 e. The third kappa shape index (κ3) is 19.3. The van der Waals surface area contributed by atoms with Crippen LogP contribution in [-0.4, -0.2) is 95.5 Å². The van der Waals surface area contributed by atoms with Gasteiger partial charge in [-0.1, -0.05) is 134 Å². The summed E-state index contributed by atoms with van der Waals surface area (Å²) in [6, 6.07) is 41.7. The van der Waals surface area contributed by atoms with E-state index < -0.39 is 0 Å². The number of aliphatic hydroxyl groups excluding tert-OH is 1. The van der Waals surface area contributed by atoms with Gasteiger partial charge in [-0.25, -0.2) is 0 Å². The molecule has 10 nitrogen and oxygen atoms in total. The normalized spacial score (nSPS) is 16.9. The van der Waals surface area contributed by atoms with E-state index in [1.54, 1.807) is 0 Å². The van der Waals surface area contributed by atoms with Crippen molar-refractivity contribution in [2.24, 2.45) is 20.0 Å². The molecule has 9 rings (SSSR count). The van der Waals surface area contributed by atoms with Crippen LogP contribution < -0.4 is 0 Å². The van der Waals surface area contributed by atoms with Crippen LogP contribution in [0.25, 0.3) is 0 Å². The van der Waals surface area contributed by atoms with Crippen molar-refractivity contribution in [1.82, 2.24) is 0 Å². The Morgan fingerprint density at radius 1 is 0.672 bits per heavy atom. The quantitative estimate of drug-likeness (QED) is 0.0600. The Hall–Kier alpha value is -6.24. The lowest BCUT2D eigenvalue weighted by Crippen LogP contribution is -2.21. The van der Waals surface area contributed by atoms with Gasteiger partial charge in [0.1, 0.15) is 0 Å². The van der Waals surface area contributed by atoms with Crippen LogP contribution in [0.3, 0.4) is 0 Å². The number of rotatable bonds is 16. The van der Waals surface area contributed by atoms with E-state index in [0.29, 0.717) is 92.1 Å². The average Bonchev–Trinajstić information content (AvgIpc) is 3.35. The highest BCUT2D eigenvalue weighted by molar-refractivity contribution is 5.87. The third-order valence-corrected chi connectivity index (χ3v) is 10.8. The lowest BCUT2D eigenvalue weighted by Gasteiger charge is -2.19. The second kappa shape index (κ2) is 29.4. The van der Waals surface area contributed by atoms with E-state index in [9.17, 15) is 0 Å². The summed E-state index contributed by atoms with van der Waals surface area (Å²) in [5.74, 6) is 0. The minimum Gasteiger partial charge on any atom is -0.394 e. The van der Waals surface area contributed by atoms with E-state index in [2.05, 4.69) is 133 Å². The second-order valence-electron chi connectivity index (χ2n) is 16.1. The molecule has 4 aliphatic rings. The molecule has 5 aromatic rings. The Labute approximate surface area is 396 Å². The van der Waals surface area contributed by atoms with E-state index in [1.807, 2.05) is 55.2 Å². The molecule has 4 heterocycles. The number of allylic oxidation sites excluding steroid dienone is 2. The van der Waals surface area contributed by atoms with Crippen LogP contribution in [0.2, 0.25) is 0 Å². The zero-order valence-electron chi connectivity index (χ0n) is 38.8.